The van der Waals surface area contributed by atoms with Gasteiger partial charge in [-0.2, -0.15) is 0 Å². The zero-order chi connectivity index (χ0) is 23.7. The van der Waals surface area contributed by atoms with Crippen LogP contribution in [-0.4, -0.2) is 67.9 Å². The van der Waals surface area contributed by atoms with Crippen LogP contribution >= 0.6 is 0 Å². The van der Waals surface area contributed by atoms with Gasteiger partial charge in [-0.15, -0.1) is 0 Å². The minimum atomic E-state index is -0.0668. The Morgan fingerprint density at radius 3 is 2.74 bits per heavy atom. The number of benzene rings is 2. The van der Waals surface area contributed by atoms with Gasteiger partial charge in [-0.25, -0.2) is 4.79 Å². The number of nitrogens with zero attached hydrogens (tertiary/aromatic N) is 2. The van der Waals surface area contributed by atoms with Crippen LogP contribution in [0.3, 0.4) is 0 Å². The molecular weight excluding hydrogens is 432 g/mol. The van der Waals surface area contributed by atoms with Gasteiger partial charge in [-0.1, -0.05) is 0 Å². The fourth-order valence-corrected chi connectivity index (χ4v) is 5.18. The summed E-state index contributed by atoms with van der Waals surface area (Å²) in [7, 11) is 3.32. The number of H-pyrrole nitrogens is 1. The number of rotatable bonds is 5. The number of carbonyl (C=O) groups is 1. The molecule has 5 rings (SSSR count). The number of aromatic nitrogens is 1. The van der Waals surface area contributed by atoms with Crippen molar-refractivity contribution in [1.82, 2.24) is 14.8 Å². The molecule has 180 valence electrons. The molecule has 0 bridgehead atoms. The van der Waals surface area contributed by atoms with E-state index in [0.29, 0.717) is 44.3 Å². The van der Waals surface area contributed by atoms with E-state index >= 15 is 0 Å². The lowest BCUT2D eigenvalue weighted by atomic mass is 9.88. The average Bonchev–Trinajstić information content (AvgIpc) is 3.29. The number of nitrogens with one attached hydrogen (secondary N) is 1. The number of nitrogens with two attached hydrogens (primary N) is 1. The predicted molar refractivity (Wildman–Crippen MR) is 132 cm³/mol. The third kappa shape index (κ3) is 4.14. The van der Waals surface area contributed by atoms with Crippen LogP contribution in [0.2, 0.25) is 0 Å². The molecule has 1 saturated heterocycles. The Morgan fingerprint density at radius 1 is 1.15 bits per heavy atom. The van der Waals surface area contributed by atoms with Crippen LogP contribution < -0.4 is 15.2 Å². The number of anilines is 1. The lowest BCUT2D eigenvalue weighted by molar-refractivity contribution is 0.0376. The summed E-state index contributed by atoms with van der Waals surface area (Å²) >= 11 is 0. The van der Waals surface area contributed by atoms with E-state index in [-0.39, 0.29) is 12.1 Å². The number of aromatic amines is 1. The Hall–Kier alpha value is -3.39. The van der Waals surface area contributed by atoms with Crippen LogP contribution in [-0.2, 0) is 17.6 Å². The van der Waals surface area contributed by atoms with Gasteiger partial charge in [0, 0.05) is 36.7 Å². The lowest BCUT2D eigenvalue weighted by Gasteiger charge is -2.41. The molecule has 0 saturated carbocycles. The Labute approximate surface area is 199 Å². The van der Waals surface area contributed by atoms with Crippen molar-refractivity contribution in [2.24, 2.45) is 0 Å². The Kier molecular flexibility index (Phi) is 6.24. The number of morpholine rings is 1. The molecule has 0 aliphatic carbocycles. The molecule has 3 heterocycles. The molecule has 8 nitrogen and oxygen atoms in total. The van der Waals surface area contributed by atoms with Crippen LogP contribution in [0, 0.1) is 0 Å². The van der Waals surface area contributed by atoms with Gasteiger partial charge in [0.15, 0.2) is 0 Å². The first-order chi connectivity index (χ1) is 16.6. The molecule has 1 aromatic heterocycles. The van der Waals surface area contributed by atoms with E-state index in [0.717, 1.165) is 41.5 Å². The van der Waals surface area contributed by atoms with E-state index < -0.39 is 0 Å². The number of ether oxygens (including phenoxy) is 3. The summed E-state index contributed by atoms with van der Waals surface area (Å²) in [5.74, 6) is 1.52. The van der Waals surface area contributed by atoms with Gasteiger partial charge in [0.05, 0.1) is 39.2 Å². The van der Waals surface area contributed by atoms with Gasteiger partial charge in [0.25, 0.3) is 0 Å². The van der Waals surface area contributed by atoms with E-state index in [2.05, 4.69) is 17.2 Å². The maximum Gasteiger partial charge on any atom is 0.320 e. The van der Waals surface area contributed by atoms with Crippen molar-refractivity contribution < 1.29 is 19.0 Å². The van der Waals surface area contributed by atoms with Crippen molar-refractivity contribution in [3.8, 4) is 11.5 Å². The maximum atomic E-state index is 13.6. The smallest absolute Gasteiger partial charge is 0.320 e. The van der Waals surface area contributed by atoms with E-state index in [4.69, 9.17) is 19.9 Å². The molecule has 3 aromatic rings. The summed E-state index contributed by atoms with van der Waals surface area (Å²) in [6, 6.07) is 10.1. The van der Waals surface area contributed by atoms with Crippen LogP contribution in [0.1, 0.15) is 29.2 Å². The summed E-state index contributed by atoms with van der Waals surface area (Å²) < 4.78 is 16.4. The summed E-state index contributed by atoms with van der Waals surface area (Å²) in [5.41, 5.74) is 11.5. The molecule has 1 atom stereocenters. The first kappa shape index (κ1) is 22.4. The first-order valence-electron chi connectivity index (χ1n) is 11.8. The Bertz CT molecular complexity index is 1190. The van der Waals surface area contributed by atoms with Gasteiger partial charge in [0.2, 0.25) is 0 Å². The largest absolute Gasteiger partial charge is 0.497 e. The minimum Gasteiger partial charge on any atom is -0.497 e. The Morgan fingerprint density at radius 2 is 1.97 bits per heavy atom. The number of methoxy groups -OCH3 is 2. The van der Waals surface area contributed by atoms with Gasteiger partial charge in [-0.3, -0.25) is 0 Å². The summed E-state index contributed by atoms with van der Waals surface area (Å²) in [6.07, 6.45) is 4.45. The second-order valence-electron chi connectivity index (χ2n) is 8.90. The summed E-state index contributed by atoms with van der Waals surface area (Å²) in [5, 5.41) is 1.15. The van der Waals surface area contributed by atoms with Gasteiger partial charge in [0.1, 0.15) is 11.5 Å². The highest BCUT2D eigenvalue weighted by atomic mass is 16.5. The fraction of sp³-hybridized carbons (Fsp3) is 0.423. The summed E-state index contributed by atoms with van der Waals surface area (Å²) in [4.78, 5) is 20.8. The topological polar surface area (TPSA) is 93.0 Å². The molecule has 3 N–H and O–H groups in total. The van der Waals surface area contributed by atoms with Gasteiger partial charge in [-0.05, 0) is 66.3 Å². The number of hydrogen-bond acceptors (Lipinski definition) is 5. The third-order valence-electron chi connectivity index (χ3n) is 7.04. The monoisotopic (exact) mass is 464 g/mol. The van der Waals surface area contributed by atoms with Crippen molar-refractivity contribution in [2.45, 2.75) is 25.3 Å². The van der Waals surface area contributed by atoms with Crippen LogP contribution in [0.15, 0.2) is 36.5 Å². The first-order valence-corrected chi connectivity index (χ1v) is 11.8. The second kappa shape index (κ2) is 9.46. The molecule has 2 aliphatic rings. The molecule has 0 spiro atoms. The number of amides is 2. The molecule has 2 aromatic carbocycles. The van der Waals surface area contributed by atoms with E-state index in [1.807, 2.05) is 34.1 Å². The highest BCUT2D eigenvalue weighted by molar-refractivity contribution is 5.84. The SMILES string of the molecule is COc1ccc2[nH]cc(CCC3c4cc(N)c(OC)cc4CCN3C(=O)N3CCOCC3)c2c1. The van der Waals surface area contributed by atoms with E-state index in [1.165, 1.54) is 11.1 Å². The van der Waals surface area contributed by atoms with Gasteiger partial charge >= 0.3 is 6.03 Å². The zero-order valence-corrected chi connectivity index (χ0v) is 19.8. The molecule has 1 fully saturated rings. The second-order valence-corrected chi connectivity index (χ2v) is 8.90. The molecule has 34 heavy (non-hydrogen) atoms. The van der Waals surface area contributed by atoms with Crippen molar-refractivity contribution in [2.75, 3.05) is 52.8 Å². The van der Waals surface area contributed by atoms with Crippen molar-refractivity contribution in [1.29, 1.82) is 0 Å². The van der Waals surface area contributed by atoms with Crippen molar-refractivity contribution in [3.63, 3.8) is 0 Å². The third-order valence-corrected chi connectivity index (χ3v) is 7.04. The van der Waals surface area contributed by atoms with Gasteiger partial charge < -0.3 is 34.7 Å². The lowest BCUT2D eigenvalue weighted by Crippen LogP contribution is -2.51. The molecule has 2 aliphatic heterocycles. The number of carbonyl (C=O) groups excluding carboxylic acids is 1. The minimum absolute atomic E-state index is 0.0668. The molecular formula is C26H32N4O4. The molecule has 8 heteroatoms. The van der Waals surface area contributed by atoms with Crippen LogP contribution in [0.25, 0.3) is 10.9 Å². The number of aryl methyl sites for hydroxylation is 1. The zero-order valence-electron chi connectivity index (χ0n) is 19.8. The Balaban J connectivity index is 1.46. The highest BCUT2D eigenvalue weighted by Crippen LogP contribution is 2.39. The quantitative estimate of drug-likeness (QED) is 0.561. The molecule has 1 unspecified atom stereocenters. The highest BCUT2D eigenvalue weighted by Gasteiger charge is 2.34. The van der Waals surface area contributed by atoms with Crippen molar-refractivity contribution in [3.05, 3.63) is 53.2 Å². The number of nitrogen functional groups attached to an aromatic ring is 1. The number of urea groups is 1. The standard InChI is InChI=1S/C26H32N4O4/c1-32-19-4-5-23-20(14-19)18(16-28-23)3-6-24-21-15-22(27)25(33-2)13-17(21)7-8-30(24)26(31)29-9-11-34-12-10-29/h4-5,13-16,24,28H,3,6-12,27H2,1-2H3. The van der Waals surface area contributed by atoms with Crippen molar-refractivity contribution >= 4 is 22.6 Å². The number of hydrogen-bond donors (Lipinski definition) is 2. The fourth-order valence-electron chi connectivity index (χ4n) is 5.18. The average molecular weight is 465 g/mol. The predicted octanol–water partition coefficient (Wildman–Crippen LogP) is 3.75. The van der Waals surface area contributed by atoms with Crippen LogP contribution in [0.5, 0.6) is 11.5 Å². The van der Waals surface area contributed by atoms with E-state index in [1.54, 1.807) is 14.2 Å². The maximum absolute atomic E-state index is 13.6. The van der Waals surface area contributed by atoms with E-state index in [9.17, 15) is 4.79 Å². The number of fused-ring (bicyclic) bond motifs is 2. The normalized spacial score (nSPS) is 18.1. The molecule has 0 radical (unpaired) electrons. The molecule has 2 amide bonds. The van der Waals surface area contributed by atoms with Crippen LogP contribution in [0.4, 0.5) is 10.5 Å². The summed E-state index contributed by atoms with van der Waals surface area (Å²) in [6.45, 7) is 3.09.